The van der Waals surface area contributed by atoms with Crippen LogP contribution in [-0.4, -0.2) is 11.6 Å². The number of rotatable bonds is 3. The summed E-state index contributed by atoms with van der Waals surface area (Å²) in [7, 11) is 0. The molecule has 0 aliphatic heterocycles. The second-order valence-electron chi connectivity index (χ2n) is 2.49. The third-order valence-electron chi connectivity index (χ3n) is 1.54. The predicted octanol–water partition coefficient (Wildman–Crippen LogP) is 2.85. The summed E-state index contributed by atoms with van der Waals surface area (Å²) >= 11 is 5.21. The first-order chi connectivity index (χ1) is 6.15. The van der Waals surface area contributed by atoms with Crippen LogP contribution in [-0.2, 0) is 0 Å². The molecule has 0 radical (unpaired) electrons. The molecule has 2 nitrogen and oxygen atoms in total. The molecule has 0 unspecified atom stereocenters. The van der Waals surface area contributed by atoms with Crippen molar-refractivity contribution in [3.63, 3.8) is 0 Å². The number of nitrogen functional groups attached to an aromatic ring is 1. The van der Waals surface area contributed by atoms with Crippen molar-refractivity contribution >= 4 is 33.5 Å². The van der Waals surface area contributed by atoms with Gasteiger partial charge in [-0.15, -0.1) is 11.8 Å². The molecule has 0 saturated heterocycles. The molecule has 13 heavy (non-hydrogen) atoms. The quantitative estimate of drug-likeness (QED) is 0.498. The highest BCUT2D eigenvalue weighted by Crippen LogP contribution is 2.27. The van der Waals surface area contributed by atoms with Gasteiger partial charge in [-0.25, -0.2) is 0 Å². The van der Waals surface area contributed by atoms with Crippen LogP contribution in [0.3, 0.4) is 0 Å². The zero-order valence-electron chi connectivity index (χ0n) is 7.30. The van der Waals surface area contributed by atoms with Crippen LogP contribution in [0.25, 0.3) is 0 Å². The monoisotopic (exact) mass is 258 g/mol. The summed E-state index contributed by atoms with van der Waals surface area (Å²) in [6.45, 7) is 2.11. The number of hydrogen-bond acceptors (Lipinski definition) is 2. The second kappa shape index (κ2) is 4.67. The van der Waals surface area contributed by atoms with E-state index in [0.29, 0.717) is 0 Å². The van der Waals surface area contributed by atoms with Crippen molar-refractivity contribution < 1.29 is 0 Å². The molecule has 1 aromatic carbocycles. The molecule has 70 valence electrons. The van der Waals surface area contributed by atoms with Gasteiger partial charge in [-0.05, 0) is 33.8 Å². The van der Waals surface area contributed by atoms with Crippen LogP contribution in [0.15, 0.2) is 27.6 Å². The second-order valence-corrected chi connectivity index (χ2v) is 4.65. The summed E-state index contributed by atoms with van der Waals surface area (Å²) in [6, 6.07) is 5.72. The van der Waals surface area contributed by atoms with E-state index in [-0.39, 0.29) is 5.84 Å². The highest BCUT2D eigenvalue weighted by molar-refractivity contribution is 9.10. The zero-order chi connectivity index (χ0) is 9.84. The number of benzene rings is 1. The van der Waals surface area contributed by atoms with Gasteiger partial charge in [-0.1, -0.05) is 13.0 Å². The lowest BCUT2D eigenvalue weighted by atomic mass is 10.2. The molecule has 0 bridgehead atoms. The number of nitrogens with two attached hydrogens (primary N) is 1. The number of amidine groups is 1. The van der Waals surface area contributed by atoms with E-state index in [1.54, 1.807) is 11.8 Å². The lowest BCUT2D eigenvalue weighted by molar-refractivity contribution is 1.35. The van der Waals surface area contributed by atoms with Crippen molar-refractivity contribution in [2.75, 3.05) is 5.75 Å². The van der Waals surface area contributed by atoms with E-state index in [0.717, 1.165) is 15.8 Å². The van der Waals surface area contributed by atoms with E-state index >= 15 is 0 Å². The van der Waals surface area contributed by atoms with Gasteiger partial charge in [0.15, 0.2) is 0 Å². The standard InChI is InChI=1S/C9H11BrN2S/c1-2-13-8-4-3-6(9(11)12)5-7(8)10/h3-5H,2H2,1H3,(H3,11,12). The lowest BCUT2D eigenvalue weighted by Gasteiger charge is -2.04. The maximum absolute atomic E-state index is 7.25. The summed E-state index contributed by atoms with van der Waals surface area (Å²) in [5.74, 6) is 1.15. The van der Waals surface area contributed by atoms with Crippen molar-refractivity contribution in [1.82, 2.24) is 0 Å². The molecule has 1 aromatic rings. The summed E-state index contributed by atoms with van der Waals surface area (Å²) in [5, 5.41) is 7.25. The van der Waals surface area contributed by atoms with Gasteiger partial charge >= 0.3 is 0 Å². The molecular weight excluding hydrogens is 248 g/mol. The van der Waals surface area contributed by atoms with E-state index < -0.39 is 0 Å². The molecule has 0 atom stereocenters. The molecule has 4 heteroatoms. The summed E-state index contributed by atoms with van der Waals surface area (Å²) in [6.07, 6.45) is 0. The number of hydrogen-bond donors (Lipinski definition) is 2. The molecule has 0 aliphatic rings. The summed E-state index contributed by atoms with van der Waals surface area (Å²) in [5.41, 5.74) is 6.12. The van der Waals surface area contributed by atoms with Crippen molar-refractivity contribution in [3.05, 3.63) is 28.2 Å². The largest absolute Gasteiger partial charge is 0.384 e. The molecule has 3 N–H and O–H groups in total. The topological polar surface area (TPSA) is 49.9 Å². The minimum absolute atomic E-state index is 0.105. The number of halogens is 1. The smallest absolute Gasteiger partial charge is 0.122 e. The maximum Gasteiger partial charge on any atom is 0.122 e. The van der Waals surface area contributed by atoms with Gasteiger partial charge < -0.3 is 5.73 Å². The number of nitrogens with one attached hydrogen (secondary N) is 1. The molecule has 0 aromatic heterocycles. The SMILES string of the molecule is CCSc1ccc(C(=N)N)cc1Br. The van der Waals surface area contributed by atoms with Crippen LogP contribution in [0.1, 0.15) is 12.5 Å². The van der Waals surface area contributed by atoms with Crippen LogP contribution in [0.4, 0.5) is 0 Å². The highest BCUT2D eigenvalue weighted by atomic mass is 79.9. The summed E-state index contributed by atoms with van der Waals surface area (Å²) in [4.78, 5) is 1.19. The summed E-state index contributed by atoms with van der Waals surface area (Å²) < 4.78 is 1.01. The van der Waals surface area contributed by atoms with Gasteiger partial charge in [0.25, 0.3) is 0 Å². The Kier molecular flexibility index (Phi) is 3.81. The molecule has 0 fully saturated rings. The van der Waals surface area contributed by atoms with Crippen LogP contribution in [0.2, 0.25) is 0 Å². The Labute approximate surface area is 90.5 Å². The molecule has 0 saturated carbocycles. The predicted molar refractivity (Wildman–Crippen MR) is 61.6 cm³/mol. The fourth-order valence-electron chi connectivity index (χ4n) is 0.941. The Hall–Kier alpha value is -0.480. The van der Waals surface area contributed by atoms with Crippen LogP contribution >= 0.6 is 27.7 Å². The van der Waals surface area contributed by atoms with E-state index in [1.807, 2.05) is 18.2 Å². The first-order valence-corrected chi connectivity index (χ1v) is 5.69. The van der Waals surface area contributed by atoms with Crippen LogP contribution < -0.4 is 5.73 Å². The van der Waals surface area contributed by atoms with Gasteiger partial charge in [0.2, 0.25) is 0 Å². The third-order valence-corrected chi connectivity index (χ3v) is 3.42. The Morgan fingerprint density at radius 2 is 2.31 bits per heavy atom. The molecule has 1 rings (SSSR count). The maximum atomic E-state index is 7.25. The highest BCUT2D eigenvalue weighted by Gasteiger charge is 2.02. The third kappa shape index (κ3) is 2.74. The van der Waals surface area contributed by atoms with E-state index in [9.17, 15) is 0 Å². The van der Waals surface area contributed by atoms with Gasteiger partial charge in [0, 0.05) is 14.9 Å². The van der Waals surface area contributed by atoms with Gasteiger partial charge in [-0.2, -0.15) is 0 Å². The molecule has 0 heterocycles. The van der Waals surface area contributed by atoms with Gasteiger partial charge in [0.05, 0.1) is 0 Å². The average Bonchev–Trinajstić information content (AvgIpc) is 2.08. The van der Waals surface area contributed by atoms with Crippen molar-refractivity contribution in [2.24, 2.45) is 5.73 Å². The van der Waals surface area contributed by atoms with E-state index in [4.69, 9.17) is 11.1 Å². The van der Waals surface area contributed by atoms with Gasteiger partial charge in [-0.3, -0.25) is 5.41 Å². The van der Waals surface area contributed by atoms with E-state index in [2.05, 4.69) is 22.9 Å². The van der Waals surface area contributed by atoms with Gasteiger partial charge in [0.1, 0.15) is 5.84 Å². The Morgan fingerprint density at radius 1 is 1.62 bits per heavy atom. The zero-order valence-corrected chi connectivity index (χ0v) is 9.71. The molecular formula is C9H11BrN2S. The lowest BCUT2D eigenvalue weighted by Crippen LogP contribution is -2.10. The first kappa shape index (κ1) is 10.6. The minimum Gasteiger partial charge on any atom is -0.384 e. The Balaban J connectivity index is 2.98. The van der Waals surface area contributed by atoms with E-state index in [1.165, 1.54) is 4.90 Å². The Morgan fingerprint density at radius 3 is 2.77 bits per heavy atom. The van der Waals surface area contributed by atoms with Crippen LogP contribution in [0, 0.1) is 5.41 Å². The van der Waals surface area contributed by atoms with Crippen LogP contribution in [0.5, 0.6) is 0 Å². The minimum atomic E-state index is 0.105. The Bertz CT molecular complexity index is 325. The fourth-order valence-corrected chi connectivity index (χ4v) is 2.34. The molecule has 0 amide bonds. The van der Waals surface area contributed by atoms with Crippen molar-refractivity contribution in [2.45, 2.75) is 11.8 Å². The number of thioether (sulfide) groups is 1. The normalized spacial score (nSPS) is 10.0. The van der Waals surface area contributed by atoms with Crippen molar-refractivity contribution in [3.8, 4) is 0 Å². The fraction of sp³-hybridized carbons (Fsp3) is 0.222. The molecule has 0 spiro atoms. The first-order valence-electron chi connectivity index (χ1n) is 3.92. The molecule has 0 aliphatic carbocycles. The van der Waals surface area contributed by atoms with Crippen molar-refractivity contribution in [1.29, 1.82) is 5.41 Å². The average molecular weight is 259 g/mol.